The van der Waals surface area contributed by atoms with Crippen LogP contribution in [0, 0.1) is 17.6 Å². The summed E-state index contributed by atoms with van der Waals surface area (Å²) in [4.78, 5) is 14.7. The second-order valence-corrected chi connectivity index (χ2v) is 9.93. The van der Waals surface area contributed by atoms with Crippen LogP contribution in [0.2, 0.25) is 0 Å². The van der Waals surface area contributed by atoms with E-state index < -0.39 is 21.7 Å². The zero-order valence-corrected chi connectivity index (χ0v) is 17.5. The third-order valence-electron chi connectivity index (χ3n) is 5.81. The van der Waals surface area contributed by atoms with Crippen molar-refractivity contribution in [1.29, 1.82) is 0 Å². The number of nitrogens with zero attached hydrogens (tertiary/aromatic N) is 1. The molecule has 8 heteroatoms. The van der Waals surface area contributed by atoms with Crippen molar-refractivity contribution in [3.8, 4) is 11.1 Å². The first-order chi connectivity index (χ1) is 14.2. The summed E-state index contributed by atoms with van der Waals surface area (Å²) in [6.07, 6.45) is 3.09. The number of sulfonamides is 1. The van der Waals surface area contributed by atoms with Crippen LogP contribution in [0.5, 0.6) is 0 Å². The van der Waals surface area contributed by atoms with Crippen molar-refractivity contribution in [2.45, 2.75) is 31.2 Å². The highest BCUT2D eigenvalue weighted by Gasteiger charge is 2.47. The molecule has 1 N–H and O–H groups in total. The summed E-state index contributed by atoms with van der Waals surface area (Å²) >= 11 is 0. The summed E-state index contributed by atoms with van der Waals surface area (Å²) in [6.45, 7) is 0.908. The number of benzene rings is 2. The maximum absolute atomic E-state index is 14.7. The summed E-state index contributed by atoms with van der Waals surface area (Å²) < 4.78 is 54.6. The van der Waals surface area contributed by atoms with Gasteiger partial charge in [0.2, 0.25) is 15.9 Å². The molecule has 3 unspecified atom stereocenters. The molecule has 1 aliphatic heterocycles. The van der Waals surface area contributed by atoms with Crippen LogP contribution in [-0.4, -0.2) is 44.6 Å². The number of rotatable bonds is 5. The molecular formula is C22H24F2N2O3S. The molecule has 1 amide bonds. The lowest BCUT2D eigenvalue weighted by Crippen LogP contribution is -2.49. The van der Waals surface area contributed by atoms with Crippen LogP contribution in [-0.2, 0) is 14.8 Å². The molecule has 1 heterocycles. The molecule has 4 rings (SSSR count). The van der Waals surface area contributed by atoms with Gasteiger partial charge in [0.05, 0.1) is 6.26 Å². The van der Waals surface area contributed by atoms with E-state index in [1.807, 2.05) is 0 Å². The first kappa shape index (κ1) is 20.9. The Morgan fingerprint density at radius 1 is 1.10 bits per heavy atom. The zero-order valence-electron chi connectivity index (χ0n) is 16.6. The van der Waals surface area contributed by atoms with E-state index in [0.29, 0.717) is 31.5 Å². The van der Waals surface area contributed by atoms with E-state index in [4.69, 9.17) is 0 Å². The fourth-order valence-electron chi connectivity index (χ4n) is 4.42. The number of nitrogens with one attached hydrogen (secondary N) is 1. The minimum absolute atomic E-state index is 0.0521. The van der Waals surface area contributed by atoms with E-state index in [9.17, 15) is 22.0 Å². The number of amides is 1. The number of likely N-dealkylation sites (tertiary alicyclic amines) is 1. The van der Waals surface area contributed by atoms with Crippen molar-refractivity contribution < 1.29 is 22.0 Å². The molecule has 5 nitrogen and oxygen atoms in total. The molecule has 2 aromatic carbocycles. The van der Waals surface area contributed by atoms with Gasteiger partial charge >= 0.3 is 0 Å². The third kappa shape index (κ3) is 4.39. The van der Waals surface area contributed by atoms with Gasteiger partial charge in [-0.3, -0.25) is 4.79 Å². The predicted molar refractivity (Wildman–Crippen MR) is 110 cm³/mol. The molecule has 1 saturated carbocycles. The number of hydrogen-bond acceptors (Lipinski definition) is 3. The fraction of sp³-hybridized carbons (Fsp3) is 0.409. The summed E-state index contributed by atoms with van der Waals surface area (Å²) in [5.74, 6) is -1.53. The molecule has 160 valence electrons. The van der Waals surface area contributed by atoms with E-state index in [1.54, 1.807) is 35.2 Å². The Bertz CT molecular complexity index is 1070. The van der Waals surface area contributed by atoms with Gasteiger partial charge < -0.3 is 4.90 Å². The molecule has 2 fully saturated rings. The molecule has 2 aliphatic rings. The van der Waals surface area contributed by atoms with Crippen molar-refractivity contribution in [2.24, 2.45) is 5.92 Å². The standard InChI is InChI=1S/C22H24F2N2O3S/c1-30(28,29)25-14-6-5-11-26(13-14)22(27)18-12-17(18)15-8-4-10-20(24)21(15)16-7-2-3-9-19(16)23/h2-4,7-10,14,17-18,25H,5-6,11-13H2,1H3. The molecule has 0 aromatic heterocycles. The van der Waals surface area contributed by atoms with Crippen LogP contribution in [0.15, 0.2) is 42.5 Å². The van der Waals surface area contributed by atoms with E-state index in [1.165, 1.54) is 12.1 Å². The number of halogens is 2. The highest BCUT2D eigenvalue weighted by Crippen LogP contribution is 2.52. The lowest BCUT2D eigenvalue weighted by Gasteiger charge is -2.33. The van der Waals surface area contributed by atoms with Crippen LogP contribution in [0.1, 0.15) is 30.7 Å². The van der Waals surface area contributed by atoms with Gasteiger partial charge in [-0.2, -0.15) is 0 Å². The van der Waals surface area contributed by atoms with Crippen LogP contribution in [0.25, 0.3) is 11.1 Å². The molecule has 1 saturated heterocycles. The molecule has 0 radical (unpaired) electrons. The normalized spacial score (nSPS) is 24.0. The van der Waals surface area contributed by atoms with Crippen LogP contribution in [0.4, 0.5) is 8.78 Å². The summed E-state index contributed by atoms with van der Waals surface area (Å²) in [7, 11) is -3.34. The highest BCUT2D eigenvalue weighted by atomic mass is 32.2. The molecule has 3 atom stereocenters. The van der Waals surface area contributed by atoms with E-state index in [2.05, 4.69) is 4.72 Å². The summed E-state index contributed by atoms with van der Waals surface area (Å²) in [6, 6.07) is 10.4. The van der Waals surface area contributed by atoms with E-state index >= 15 is 0 Å². The largest absolute Gasteiger partial charge is 0.341 e. The van der Waals surface area contributed by atoms with Gasteiger partial charge in [0.25, 0.3) is 0 Å². The fourth-order valence-corrected chi connectivity index (χ4v) is 5.22. The average Bonchev–Trinajstić information content (AvgIpc) is 3.47. The van der Waals surface area contributed by atoms with Gasteiger partial charge in [-0.15, -0.1) is 0 Å². The summed E-state index contributed by atoms with van der Waals surface area (Å²) in [5, 5.41) is 0. The molecule has 1 aliphatic carbocycles. The average molecular weight is 435 g/mol. The highest BCUT2D eigenvalue weighted by molar-refractivity contribution is 7.88. The number of piperidine rings is 1. The van der Waals surface area contributed by atoms with Gasteiger partial charge in [0.1, 0.15) is 11.6 Å². The predicted octanol–water partition coefficient (Wildman–Crippen LogP) is 3.28. The number of carbonyl (C=O) groups excluding carboxylic acids is 1. The van der Waals surface area contributed by atoms with Crippen molar-refractivity contribution in [3.63, 3.8) is 0 Å². The van der Waals surface area contributed by atoms with Gasteiger partial charge in [0.15, 0.2) is 0 Å². The van der Waals surface area contributed by atoms with Crippen molar-refractivity contribution >= 4 is 15.9 Å². The lowest BCUT2D eigenvalue weighted by molar-refractivity contribution is -0.133. The Morgan fingerprint density at radius 2 is 1.83 bits per heavy atom. The van der Waals surface area contributed by atoms with Gasteiger partial charge in [-0.1, -0.05) is 30.3 Å². The van der Waals surface area contributed by atoms with Crippen LogP contribution < -0.4 is 4.72 Å². The lowest BCUT2D eigenvalue weighted by atomic mass is 9.94. The van der Waals surface area contributed by atoms with E-state index in [-0.39, 0.29) is 34.9 Å². The zero-order chi connectivity index (χ0) is 21.5. The van der Waals surface area contributed by atoms with Crippen LogP contribution >= 0.6 is 0 Å². The summed E-state index contributed by atoms with van der Waals surface area (Å²) in [5.41, 5.74) is 1.05. The van der Waals surface area contributed by atoms with Crippen molar-refractivity contribution in [2.75, 3.05) is 19.3 Å². The van der Waals surface area contributed by atoms with Gasteiger partial charge in [-0.25, -0.2) is 21.9 Å². The Labute approximate surface area is 175 Å². The smallest absolute Gasteiger partial charge is 0.226 e. The monoisotopic (exact) mass is 434 g/mol. The van der Waals surface area contributed by atoms with Crippen LogP contribution in [0.3, 0.4) is 0 Å². The topological polar surface area (TPSA) is 66.5 Å². The second-order valence-electron chi connectivity index (χ2n) is 8.15. The maximum Gasteiger partial charge on any atom is 0.226 e. The Balaban J connectivity index is 1.53. The minimum atomic E-state index is -3.34. The Morgan fingerprint density at radius 3 is 2.57 bits per heavy atom. The number of hydrogen-bond donors (Lipinski definition) is 1. The molecule has 0 spiro atoms. The SMILES string of the molecule is CS(=O)(=O)NC1CCCN(C(=O)C2CC2c2cccc(F)c2-c2ccccc2F)C1. The van der Waals surface area contributed by atoms with Crippen molar-refractivity contribution in [1.82, 2.24) is 9.62 Å². The first-order valence-electron chi connectivity index (χ1n) is 10.0. The molecular weight excluding hydrogens is 410 g/mol. The first-order valence-corrected chi connectivity index (χ1v) is 11.9. The Kier molecular flexibility index (Phi) is 5.63. The van der Waals surface area contributed by atoms with Gasteiger partial charge in [-0.05, 0) is 42.9 Å². The molecule has 30 heavy (non-hydrogen) atoms. The quantitative estimate of drug-likeness (QED) is 0.786. The minimum Gasteiger partial charge on any atom is -0.341 e. The van der Waals surface area contributed by atoms with E-state index in [0.717, 1.165) is 12.7 Å². The third-order valence-corrected chi connectivity index (χ3v) is 6.57. The maximum atomic E-state index is 14.7. The number of carbonyl (C=O) groups is 1. The van der Waals surface area contributed by atoms with Gasteiger partial charge in [0, 0.05) is 36.2 Å². The second kappa shape index (κ2) is 8.07. The Hall–Kier alpha value is -2.32. The molecule has 2 aromatic rings. The van der Waals surface area contributed by atoms with Crippen molar-refractivity contribution in [3.05, 3.63) is 59.7 Å². The molecule has 0 bridgehead atoms.